The molecule has 1 aliphatic heterocycles. The van der Waals surface area contributed by atoms with Crippen LogP contribution >= 0.6 is 0 Å². The van der Waals surface area contributed by atoms with Gasteiger partial charge < -0.3 is 15.1 Å². The standard InChI is InChI=1S/C22H30N8/c1-4-28(5-2)19-6-7-20(17(3)16-19)25-21-8-11-23-22(26-21)29-13-9-18(10-14-29)30-15-12-24-27-30/h6-8,11-12,15-16,18H,4-5,9-10,13-14H2,1-3H3,(H,23,25,26). The summed E-state index contributed by atoms with van der Waals surface area (Å²) >= 11 is 0. The second-order valence-electron chi connectivity index (χ2n) is 7.64. The van der Waals surface area contributed by atoms with Crippen LogP contribution in [0.5, 0.6) is 0 Å². The van der Waals surface area contributed by atoms with Crippen LogP contribution in [0.4, 0.5) is 23.1 Å². The highest BCUT2D eigenvalue weighted by atomic mass is 15.4. The van der Waals surface area contributed by atoms with Crippen molar-refractivity contribution in [3.8, 4) is 0 Å². The van der Waals surface area contributed by atoms with E-state index in [1.165, 1.54) is 11.3 Å². The Morgan fingerprint density at radius 2 is 1.90 bits per heavy atom. The monoisotopic (exact) mass is 406 g/mol. The fourth-order valence-electron chi connectivity index (χ4n) is 4.02. The number of aryl methyl sites for hydroxylation is 1. The zero-order chi connectivity index (χ0) is 20.9. The van der Waals surface area contributed by atoms with Crippen molar-refractivity contribution in [3.63, 3.8) is 0 Å². The highest BCUT2D eigenvalue weighted by molar-refractivity contribution is 5.65. The zero-order valence-corrected chi connectivity index (χ0v) is 18.0. The molecule has 1 aromatic carbocycles. The first-order valence-electron chi connectivity index (χ1n) is 10.7. The topological polar surface area (TPSA) is 75.0 Å². The Bertz CT molecular complexity index is 944. The number of anilines is 4. The Kier molecular flexibility index (Phi) is 6.11. The molecule has 2 aromatic heterocycles. The number of hydrogen-bond donors (Lipinski definition) is 1. The van der Waals surface area contributed by atoms with Gasteiger partial charge in [-0.3, -0.25) is 0 Å². The van der Waals surface area contributed by atoms with Crippen LogP contribution in [0.1, 0.15) is 38.3 Å². The second-order valence-corrected chi connectivity index (χ2v) is 7.64. The molecule has 8 heteroatoms. The maximum absolute atomic E-state index is 4.77. The molecule has 1 saturated heterocycles. The highest BCUT2D eigenvalue weighted by Gasteiger charge is 2.22. The minimum atomic E-state index is 0.400. The van der Waals surface area contributed by atoms with Crippen LogP contribution in [0.15, 0.2) is 42.9 Å². The van der Waals surface area contributed by atoms with Gasteiger partial charge in [0, 0.05) is 49.9 Å². The van der Waals surface area contributed by atoms with E-state index in [-0.39, 0.29) is 0 Å². The lowest BCUT2D eigenvalue weighted by Gasteiger charge is -2.31. The van der Waals surface area contributed by atoms with Crippen LogP contribution in [0.25, 0.3) is 0 Å². The first-order valence-corrected chi connectivity index (χ1v) is 10.7. The summed E-state index contributed by atoms with van der Waals surface area (Å²) in [5.74, 6) is 1.59. The van der Waals surface area contributed by atoms with Crippen molar-refractivity contribution in [2.24, 2.45) is 0 Å². The average molecular weight is 407 g/mol. The van der Waals surface area contributed by atoms with Gasteiger partial charge in [0.15, 0.2) is 0 Å². The molecule has 8 nitrogen and oxygen atoms in total. The fraction of sp³-hybridized carbons (Fsp3) is 0.455. The first-order chi connectivity index (χ1) is 14.7. The van der Waals surface area contributed by atoms with Crippen molar-refractivity contribution < 1.29 is 0 Å². The molecule has 0 atom stereocenters. The Hall–Kier alpha value is -3.16. The minimum absolute atomic E-state index is 0.400. The molecule has 0 spiro atoms. The molecule has 1 fully saturated rings. The predicted octanol–water partition coefficient (Wildman–Crippen LogP) is 3.81. The van der Waals surface area contributed by atoms with Crippen molar-refractivity contribution >= 4 is 23.1 Å². The Morgan fingerprint density at radius 3 is 2.57 bits per heavy atom. The van der Waals surface area contributed by atoms with E-state index in [0.29, 0.717) is 6.04 Å². The number of rotatable bonds is 7. The lowest BCUT2D eigenvalue weighted by atomic mass is 10.1. The fourth-order valence-corrected chi connectivity index (χ4v) is 4.02. The van der Waals surface area contributed by atoms with Gasteiger partial charge in [-0.15, -0.1) is 5.10 Å². The summed E-state index contributed by atoms with van der Waals surface area (Å²) in [7, 11) is 0. The van der Waals surface area contributed by atoms with Crippen LogP contribution in [0.2, 0.25) is 0 Å². The van der Waals surface area contributed by atoms with E-state index in [9.17, 15) is 0 Å². The van der Waals surface area contributed by atoms with Gasteiger partial charge in [-0.25, -0.2) is 9.67 Å². The molecule has 4 rings (SSSR count). The third-order valence-corrected chi connectivity index (χ3v) is 5.81. The summed E-state index contributed by atoms with van der Waals surface area (Å²) in [4.78, 5) is 13.9. The van der Waals surface area contributed by atoms with E-state index in [1.807, 2.05) is 23.1 Å². The van der Waals surface area contributed by atoms with Crippen LogP contribution in [-0.2, 0) is 0 Å². The minimum Gasteiger partial charge on any atom is -0.372 e. The van der Waals surface area contributed by atoms with E-state index < -0.39 is 0 Å². The summed E-state index contributed by atoms with van der Waals surface area (Å²) in [6.07, 6.45) is 7.52. The zero-order valence-electron chi connectivity index (χ0n) is 18.0. The molecule has 0 unspecified atom stereocenters. The second kappa shape index (κ2) is 9.11. The van der Waals surface area contributed by atoms with Crippen LogP contribution in [-0.4, -0.2) is 51.1 Å². The van der Waals surface area contributed by atoms with Crippen molar-refractivity contribution in [3.05, 3.63) is 48.4 Å². The van der Waals surface area contributed by atoms with Crippen LogP contribution in [0.3, 0.4) is 0 Å². The molecular formula is C22H30N8. The molecule has 0 amide bonds. The third kappa shape index (κ3) is 4.37. The molecule has 0 radical (unpaired) electrons. The number of piperidine rings is 1. The molecule has 3 aromatic rings. The van der Waals surface area contributed by atoms with Gasteiger partial charge >= 0.3 is 0 Å². The van der Waals surface area contributed by atoms with Gasteiger partial charge in [-0.2, -0.15) is 4.98 Å². The summed E-state index contributed by atoms with van der Waals surface area (Å²) < 4.78 is 1.96. The van der Waals surface area contributed by atoms with E-state index in [1.54, 1.807) is 6.20 Å². The number of aromatic nitrogens is 5. The molecule has 0 aliphatic carbocycles. The molecular weight excluding hydrogens is 376 g/mol. The SMILES string of the molecule is CCN(CC)c1ccc(Nc2ccnc(N3CCC(n4ccnn4)CC3)n2)c(C)c1. The maximum atomic E-state index is 4.77. The average Bonchev–Trinajstić information content (AvgIpc) is 3.32. The van der Waals surface area contributed by atoms with Gasteiger partial charge in [-0.05, 0) is 63.4 Å². The highest BCUT2D eigenvalue weighted by Crippen LogP contribution is 2.27. The van der Waals surface area contributed by atoms with Gasteiger partial charge in [-0.1, -0.05) is 5.21 Å². The Morgan fingerprint density at radius 1 is 1.10 bits per heavy atom. The van der Waals surface area contributed by atoms with E-state index in [0.717, 1.165) is 56.5 Å². The van der Waals surface area contributed by atoms with Crippen LogP contribution in [0, 0.1) is 6.92 Å². The molecule has 3 heterocycles. The van der Waals surface area contributed by atoms with Crippen LogP contribution < -0.4 is 15.1 Å². The molecule has 0 bridgehead atoms. The van der Waals surface area contributed by atoms with Crippen molar-refractivity contribution in [1.82, 2.24) is 25.0 Å². The normalized spacial score (nSPS) is 14.7. The Labute approximate surface area is 177 Å². The Balaban J connectivity index is 1.43. The number of nitrogens with zero attached hydrogens (tertiary/aromatic N) is 7. The van der Waals surface area contributed by atoms with Gasteiger partial charge in [0.25, 0.3) is 0 Å². The quantitative estimate of drug-likeness (QED) is 0.639. The van der Waals surface area contributed by atoms with Crippen molar-refractivity contribution in [2.75, 3.05) is 41.3 Å². The molecule has 1 aliphatic rings. The molecule has 1 N–H and O–H groups in total. The van der Waals surface area contributed by atoms with Crippen molar-refractivity contribution in [1.29, 1.82) is 0 Å². The summed E-state index contributed by atoms with van der Waals surface area (Å²) in [6.45, 7) is 10.3. The molecule has 0 saturated carbocycles. The third-order valence-electron chi connectivity index (χ3n) is 5.81. The van der Waals surface area contributed by atoms with Gasteiger partial charge in [0.1, 0.15) is 5.82 Å². The lowest BCUT2D eigenvalue weighted by Crippen LogP contribution is -2.36. The predicted molar refractivity (Wildman–Crippen MR) is 121 cm³/mol. The maximum Gasteiger partial charge on any atom is 0.227 e. The summed E-state index contributed by atoms with van der Waals surface area (Å²) in [5.41, 5.74) is 3.52. The van der Waals surface area contributed by atoms with E-state index >= 15 is 0 Å². The summed E-state index contributed by atoms with van der Waals surface area (Å²) in [6, 6.07) is 8.85. The lowest BCUT2D eigenvalue weighted by molar-refractivity contribution is 0.358. The number of nitrogens with one attached hydrogen (secondary N) is 1. The number of hydrogen-bond acceptors (Lipinski definition) is 7. The van der Waals surface area contributed by atoms with Gasteiger partial charge in [0.05, 0.1) is 12.2 Å². The smallest absolute Gasteiger partial charge is 0.227 e. The van der Waals surface area contributed by atoms with E-state index in [2.05, 4.69) is 69.4 Å². The van der Waals surface area contributed by atoms with E-state index in [4.69, 9.17) is 4.98 Å². The number of benzene rings is 1. The molecule has 158 valence electrons. The van der Waals surface area contributed by atoms with Crippen molar-refractivity contribution in [2.45, 2.75) is 39.7 Å². The summed E-state index contributed by atoms with van der Waals surface area (Å²) in [5, 5.41) is 11.5. The van der Waals surface area contributed by atoms with Gasteiger partial charge in [0.2, 0.25) is 5.95 Å². The molecule has 30 heavy (non-hydrogen) atoms. The first kappa shape index (κ1) is 20.1. The largest absolute Gasteiger partial charge is 0.372 e.